The maximum Gasteiger partial charge on any atom is 0.271 e. The van der Waals surface area contributed by atoms with Crippen LogP contribution in [0.15, 0.2) is 76.7 Å². The van der Waals surface area contributed by atoms with Crippen molar-refractivity contribution >= 4 is 22.1 Å². The third-order valence-electron chi connectivity index (χ3n) is 5.20. The van der Waals surface area contributed by atoms with Crippen LogP contribution in [0.2, 0.25) is 0 Å². The Morgan fingerprint density at radius 3 is 2.40 bits per heavy atom. The van der Waals surface area contributed by atoms with Crippen LogP contribution in [0.4, 0.5) is 0 Å². The summed E-state index contributed by atoms with van der Waals surface area (Å²) in [6.45, 7) is 4.61. The lowest BCUT2D eigenvalue weighted by molar-refractivity contribution is 0.0955. The van der Waals surface area contributed by atoms with Crippen molar-refractivity contribution in [3.63, 3.8) is 0 Å². The van der Waals surface area contributed by atoms with Gasteiger partial charge in [-0.05, 0) is 55.3 Å². The molecule has 0 atom stereocenters. The Morgan fingerprint density at radius 2 is 1.77 bits per heavy atom. The van der Waals surface area contributed by atoms with Gasteiger partial charge in [-0.15, -0.1) is 0 Å². The van der Waals surface area contributed by atoms with E-state index in [1.54, 1.807) is 60.7 Å². The van der Waals surface area contributed by atoms with Crippen molar-refractivity contribution < 1.29 is 23.1 Å². The van der Waals surface area contributed by atoms with Gasteiger partial charge in [0.25, 0.3) is 5.91 Å². The van der Waals surface area contributed by atoms with Crippen LogP contribution in [0, 0.1) is 6.92 Å². The number of phenols is 1. The van der Waals surface area contributed by atoms with Crippen molar-refractivity contribution in [3.8, 4) is 11.5 Å². The number of benzene rings is 3. The molecule has 0 saturated heterocycles. The standard InChI is InChI=1S/C26H29N3O5S/c1-4-15-34-23-12-11-22(25(30)16-23)17-27-28-26(31)21-9-7-20(8-10-21)18-29(3)35(32,33)24-13-5-19(2)6-14-24/h5-14,16-17,30H,4,15,18H2,1-3H3,(H,28,31). The second-order valence-electron chi connectivity index (χ2n) is 8.04. The molecular weight excluding hydrogens is 466 g/mol. The van der Waals surface area contributed by atoms with Crippen LogP contribution in [0.3, 0.4) is 0 Å². The second kappa shape index (κ2) is 11.6. The van der Waals surface area contributed by atoms with Crippen LogP contribution in [-0.4, -0.2) is 43.6 Å². The lowest BCUT2D eigenvalue weighted by Crippen LogP contribution is -2.26. The number of carbonyl (C=O) groups is 1. The molecule has 0 aliphatic carbocycles. The first kappa shape index (κ1) is 25.9. The maximum atomic E-state index is 12.8. The predicted molar refractivity (Wildman–Crippen MR) is 135 cm³/mol. The Hall–Kier alpha value is -3.69. The number of amides is 1. The highest BCUT2D eigenvalue weighted by Crippen LogP contribution is 2.22. The summed E-state index contributed by atoms with van der Waals surface area (Å²) in [6.07, 6.45) is 2.20. The molecule has 1 amide bonds. The number of hydrogen-bond donors (Lipinski definition) is 2. The fraction of sp³-hybridized carbons (Fsp3) is 0.231. The molecule has 8 nitrogen and oxygen atoms in total. The van der Waals surface area contributed by atoms with E-state index in [9.17, 15) is 18.3 Å². The summed E-state index contributed by atoms with van der Waals surface area (Å²) in [6, 6.07) is 18.1. The van der Waals surface area contributed by atoms with E-state index in [-0.39, 0.29) is 17.2 Å². The summed E-state index contributed by atoms with van der Waals surface area (Å²) in [7, 11) is -2.11. The zero-order valence-corrected chi connectivity index (χ0v) is 20.7. The average molecular weight is 496 g/mol. The first-order valence-electron chi connectivity index (χ1n) is 11.1. The van der Waals surface area contributed by atoms with Crippen LogP contribution < -0.4 is 10.2 Å². The number of hydrazone groups is 1. The van der Waals surface area contributed by atoms with E-state index < -0.39 is 15.9 Å². The molecule has 3 aromatic rings. The van der Waals surface area contributed by atoms with Crippen LogP contribution >= 0.6 is 0 Å². The minimum Gasteiger partial charge on any atom is -0.507 e. The molecule has 3 aromatic carbocycles. The third-order valence-corrected chi connectivity index (χ3v) is 7.01. The average Bonchev–Trinajstić information content (AvgIpc) is 2.84. The SMILES string of the molecule is CCCOc1ccc(C=NNC(=O)c2ccc(CN(C)S(=O)(=O)c3ccc(C)cc3)cc2)c(O)c1. The lowest BCUT2D eigenvalue weighted by atomic mass is 10.1. The number of ether oxygens (including phenoxy) is 1. The van der Waals surface area contributed by atoms with Gasteiger partial charge in [-0.25, -0.2) is 13.8 Å². The molecule has 0 unspecified atom stereocenters. The summed E-state index contributed by atoms with van der Waals surface area (Å²) in [5.41, 5.74) is 4.93. The summed E-state index contributed by atoms with van der Waals surface area (Å²) >= 11 is 0. The Bertz CT molecular complexity index is 1290. The number of nitrogens with zero attached hydrogens (tertiary/aromatic N) is 2. The first-order chi connectivity index (χ1) is 16.7. The molecule has 0 aromatic heterocycles. The van der Waals surface area contributed by atoms with Gasteiger partial charge in [-0.1, -0.05) is 36.8 Å². The molecule has 3 rings (SSSR count). The lowest BCUT2D eigenvalue weighted by Gasteiger charge is -2.17. The normalized spacial score (nSPS) is 11.7. The Balaban J connectivity index is 1.58. The van der Waals surface area contributed by atoms with E-state index in [2.05, 4.69) is 10.5 Å². The number of aromatic hydroxyl groups is 1. The van der Waals surface area contributed by atoms with Gasteiger partial charge < -0.3 is 9.84 Å². The van der Waals surface area contributed by atoms with E-state index >= 15 is 0 Å². The number of nitrogens with one attached hydrogen (secondary N) is 1. The van der Waals surface area contributed by atoms with Crippen molar-refractivity contribution in [1.29, 1.82) is 0 Å². The van der Waals surface area contributed by atoms with Crippen molar-refractivity contribution in [2.24, 2.45) is 5.10 Å². The van der Waals surface area contributed by atoms with Crippen LogP contribution in [-0.2, 0) is 16.6 Å². The van der Waals surface area contributed by atoms with Crippen molar-refractivity contribution in [2.45, 2.75) is 31.7 Å². The topological polar surface area (TPSA) is 108 Å². The highest BCUT2D eigenvalue weighted by atomic mass is 32.2. The third kappa shape index (κ3) is 6.91. The molecule has 9 heteroatoms. The highest BCUT2D eigenvalue weighted by molar-refractivity contribution is 7.89. The summed E-state index contributed by atoms with van der Waals surface area (Å²) in [5, 5.41) is 14.0. The molecule has 2 N–H and O–H groups in total. The summed E-state index contributed by atoms with van der Waals surface area (Å²) in [4.78, 5) is 12.6. The molecule has 35 heavy (non-hydrogen) atoms. The van der Waals surface area contributed by atoms with Gasteiger partial charge in [0.1, 0.15) is 11.5 Å². The Morgan fingerprint density at radius 1 is 1.09 bits per heavy atom. The van der Waals surface area contributed by atoms with E-state index in [0.29, 0.717) is 23.5 Å². The number of rotatable bonds is 10. The molecule has 184 valence electrons. The summed E-state index contributed by atoms with van der Waals surface area (Å²) < 4.78 is 32.3. The molecule has 0 spiro atoms. The van der Waals surface area contributed by atoms with Gasteiger partial charge in [-0.3, -0.25) is 4.79 Å². The molecule has 0 fully saturated rings. The molecule has 0 heterocycles. The van der Waals surface area contributed by atoms with Gasteiger partial charge >= 0.3 is 0 Å². The highest BCUT2D eigenvalue weighted by Gasteiger charge is 2.20. The molecule has 0 radical (unpaired) electrons. The summed E-state index contributed by atoms with van der Waals surface area (Å²) in [5.74, 6) is 0.115. The largest absolute Gasteiger partial charge is 0.507 e. The minimum absolute atomic E-state index is 0.00864. The first-order valence-corrected chi connectivity index (χ1v) is 12.6. The Labute approximate surface area is 205 Å². The zero-order chi connectivity index (χ0) is 25.4. The van der Waals surface area contributed by atoms with E-state index in [4.69, 9.17) is 4.74 Å². The molecule has 0 saturated carbocycles. The number of hydrogen-bond acceptors (Lipinski definition) is 6. The zero-order valence-electron chi connectivity index (χ0n) is 19.9. The van der Waals surface area contributed by atoms with E-state index in [0.717, 1.165) is 17.5 Å². The van der Waals surface area contributed by atoms with Gasteiger partial charge in [0.05, 0.1) is 17.7 Å². The second-order valence-corrected chi connectivity index (χ2v) is 10.1. The van der Waals surface area contributed by atoms with Gasteiger partial charge in [-0.2, -0.15) is 9.41 Å². The molecular formula is C26H29N3O5S. The molecule has 0 aliphatic heterocycles. The van der Waals surface area contributed by atoms with Crippen LogP contribution in [0.1, 0.15) is 40.4 Å². The number of phenolic OH excluding ortho intramolecular Hbond substituents is 1. The Kier molecular flexibility index (Phi) is 8.62. The predicted octanol–water partition coefficient (Wildman–Crippen LogP) is 4.07. The number of carbonyl (C=O) groups excluding carboxylic acids is 1. The fourth-order valence-corrected chi connectivity index (χ4v) is 4.32. The molecule has 0 bridgehead atoms. The van der Waals surface area contributed by atoms with Gasteiger partial charge in [0, 0.05) is 30.8 Å². The van der Waals surface area contributed by atoms with Crippen LogP contribution in [0.25, 0.3) is 0 Å². The number of sulfonamides is 1. The van der Waals surface area contributed by atoms with Gasteiger partial charge in [0.2, 0.25) is 10.0 Å². The van der Waals surface area contributed by atoms with Crippen molar-refractivity contribution in [1.82, 2.24) is 9.73 Å². The van der Waals surface area contributed by atoms with Crippen molar-refractivity contribution in [3.05, 3.63) is 89.0 Å². The van der Waals surface area contributed by atoms with Crippen LogP contribution in [0.5, 0.6) is 11.5 Å². The molecule has 0 aliphatic rings. The van der Waals surface area contributed by atoms with E-state index in [1.165, 1.54) is 23.6 Å². The quantitative estimate of drug-likeness (QED) is 0.326. The number of aryl methyl sites for hydroxylation is 1. The minimum atomic E-state index is -3.62. The van der Waals surface area contributed by atoms with Gasteiger partial charge in [0.15, 0.2) is 0 Å². The smallest absolute Gasteiger partial charge is 0.271 e. The van der Waals surface area contributed by atoms with Crippen molar-refractivity contribution in [2.75, 3.05) is 13.7 Å². The fourth-order valence-electron chi connectivity index (χ4n) is 3.16. The monoisotopic (exact) mass is 495 g/mol. The maximum absolute atomic E-state index is 12.8. The van der Waals surface area contributed by atoms with E-state index in [1.807, 2.05) is 13.8 Å².